The number of benzene rings is 1. The maximum atomic E-state index is 5.69. The van der Waals surface area contributed by atoms with Crippen LogP contribution in [0.2, 0.25) is 0 Å². The number of ether oxygens (including phenoxy) is 1. The molecule has 2 nitrogen and oxygen atoms in total. The van der Waals surface area contributed by atoms with Gasteiger partial charge in [-0.15, -0.1) is 0 Å². The summed E-state index contributed by atoms with van der Waals surface area (Å²) in [5.74, 6) is 0. The van der Waals surface area contributed by atoms with E-state index in [1.165, 1.54) is 11.3 Å². The summed E-state index contributed by atoms with van der Waals surface area (Å²) in [5, 5.41) is 3.43. The molecule has 3 rings (SSSR count). The summed E-state index contributed by atoms with van der Waals surface area (Å²) in [6.07, 6.45) is 2.31. The van der Waals surface area contributed by atoms with E-state index in [4.69, 9.17) is 4.74 Å². The average Bonchev–Trinajstić information content (AvgIpc) is 2.85. The highest BCUT2D eigenvalue weighted by molar-refractivity contribution is 5.54. The Morgan fingerprint density at radius 3 is 2.92 bits per heavy atom. The Hall–Kier alpha value is -1.02. The van der Waals surface area contributed by atoms with E-state index in [0.717, 1.165) is 19.4 Å². The monoisotopic (exact) mass is 161 g/mol. The van der Waals surface area contributed by atoms with Crippen LogP contribution >= 0.6 is 0 Å². The van der Waals surface area contributed by atoms with Gasteiger partial charge in [0.1, 0.15) is 5.72 Å². The van der Waals surface area contributed by atoms with Crippen LogP contribution in [0.5, 0.6) is 0 Å². The molecule has 1 N–H and O–H groups in total. The molecule has 0 atom stereocenters. The van der Waals surface area contributed by atoms with Crippen molar-refractivity contribution in [2.75, 3.05) is 5.32 Å². The summed E-state index contributed by atoms with van der Waals surface area (Å²) in [4.78, 5) is 0. The normalized spacial score (nSPS) is 23.0. The molecule has 2 heteroatoms. The van der Waals surface area contributed by atoms with Crippen LogP contribution in [0.15, 0.2) is 24.3 Å². The topological polar surface area (TPSA) is 21.3 Å². The lowest BCUT2D eigenvalue weighted by atomic mass is 10.1. The van der Waals surface area contributed by atoms with E-state index in [9.17, 15) is 0 Å². The number of rotatable bonds is 0. The fourth-order valence-electron chi connectivity index (χ4n) is 1.65. The van der Waals surface area contributed by atoms with Crippen molar-refractivity contribution in [2.45, 2.75) is 25.2 Å². The summed E-state index contributed by atoms with van der Waals surface area (Å²) in [6, 6.07) is 8.34. The van der Waals surface area contributed by atoms with Gasteiger partial charge in [0.15, 0.2) is 0 Å². The van der Waals surface area contributed by atoms with E-state index in [1.54, 1.807) is 0 Å². The van der Waals surface area contributed by atoms with Gasteiger partial charge in [-0.25, -0.2) is 0 Å². The van der Waals surface area contributed by atoms with E-state index in [0.29, 0.717) is 0 Å². The smallest absolute Gasteiger partial charge is 0.139 e. The molecule has 12 heavy (non-hydrogen) atoms. The van der Waals surface area contributed by atoms with Crippen LogP contribution in [-0.2, 0) is 11.3 Å². The summed E-state index contributed by atoms with van der Waals surface area (Å²) in [5.41, 5.74) is 2.55. The van der Waals surface area contributed by atoms with Gasteiger partial charge in [-0.2, -0.15) is 0 Å². The first-order chi connectivity index (χ1) is 5.88. The molecule has 2 aliphatic rings. The molecule has 1 aromatic rings. The van der Waals surface area contributed by atoms with Crippen molar-refractivity contribution in [3.8, 4) is 0 Å². The summed E-state index contributed by atoms with van der Waals surface area (Å²) < 4.78 is 5.69. The quantitative estimate of drug-likeness (QED) is 0.629. The van der Waals surface area contributed by atoms with E-state index in [-0.39, 0.29) is 5.72 Å². The third kappa shape index (κ3) is 0.847. The van der Waals surface area contributed by atoms with Crippen molar-refractivity contribution < 1.29 is 4.74 Å². The Morgan fingerprint density at radius 1 is 1.25 bits per heavy atom. The average molecular weight is 161 g/mol. The minimum Gasteiger partial charge on any atom is -0.357 e. The molecule has 0 amide bonds. The number of para-hydroxylation sites is 1. The zero-order chi connectivity index (χ0) is 8.02. The van der Waals surface area contributed by atoms with Gasteiger partial charge in [-0.3, -0.25) is 0 Å². The second-order valence-electron chi connectivity index (χ2n) is 3.57. The predicted octanol–water partition coefficient (Wildman–Crippen LogP) is 2.12. The van der Waals surface area contributed by atoms with Crippen LogP contribution in [0, 0.1) is 0 Å². The summed E-state index contributed by atoms with van der Waals surface area (Å²) >= 11 is 0. The minimum atomic E-state index is 0.0222. The van der Waals surface area contributed by atoms with Crippen molar-refractivity contribution in [3.63, 3.8) is 0 Å². The lowest BCUT2D eigenvalue weighted by molar-refractivity contribution is 0.0320. The third-order valence-corrected chi connectivity index (χ3v) is 2.59. The molecule has 1 saturated carbocycles. The molecular weight excluding hydrogens is 150 g/mol. The Morgan fingerprint density at radius 2 is 2.08 bits per heavy atom. The molecule has 1 aromatic carbocycles. The van der Waals surface area contributed by atoms with Crippen molar-refractivity contribution >= 4 is 5.69 Å². The fraction of sp³-hybridized carbons (Fsp3) is 0.400. The van der Waals surface area contributed by atoms with Gasteiger partial charge in [0.2, 0.25) is 0 Å². The zero-order valence-electron chi connectivity index (χ0n) is 6.84. The first-order valence-corrected chi connectivity index (χ1v) is 4.38. The Balaban J connectivity index is 2.01. The molecule has 0 unspecified atom stereocenters. The molecule has 1 heterocycles. The number of anilines is 1. The lowest BCUT2D eigenvalue weighted by Gasteiger charge is -2.27. The van der Waals surface area contributed by atoms with Crippen LogP contribution in [0.1, 0.15) is 18.4 Å². The maximum Gasteiger partial charge on any atom is 0.139 e. The summed E-state index contributed by atoms with van der Waals surface area (Å²) in [6.45, 7) is 0.767. The molecule has 0 radical (unpaired) electrons. The van der Waals surface area contributed by atoms with Crippen molar-refractivity contribution in [1.82, 2.24) is 0 Å². The van der Waals surface area contributed by atoms with Gasteiger partial charge < -0.3 is 10.1 Å². The van der Waals surface area contributed by atoms with Gasteiger partial charge in [0.05, 0.1) is 6.61 Å². The van der Waals surface area contributed by atoms with E-state index in [2.05, 4.69) is 29.6 Å². The Labute approximate surface area is 71.5 Å². The molecule has 0 saturated heterocycles. The van der Waals surface area contributed by atoms with Crippen LogP contribution in [0.3, 0.4) is 0 Å². The maximum absolute atomic E-state index is 5.69. The first kappa shape index (κ1) is 6.49. The molecule has 1 aliphatic carbocycles. The van der Waals surface area contributed by atoms with Crippen LogP contribution in [0.4, 0.5) is 5.69 Å². The van der Waals surface area contributed by atoms with E-state index >= 15 is 0 Å². The second kappa shape index (κ2) is 2.02. The number of fused-ring (bicyclic) bond motifs is 1. The van der Waals surface area contributed by atoms with Crippen molar-refractivity contribution in [3.05, 3.63) is 29.8 Å². The summed E-state index contributed by atoms with van der Waals surface area (Å²) in [7, 11) is 0. The first-order valence-electron chi connectivity index (χ1n) is 4.38. The largest absolute Gasteiger partial charge is 0.357 e. The molecule has 0 aromatic heterocycles. The molecule has 1 fully saturated rings. The molecule has 1 aliphatic heterocycles. The Bertz CT molecular complexity index is 317. The second-order valence-corrected chi connectivity index (χ2v) is 3.57. The lowest BCUT2D eigenvalue weighted by Crippen LogP contribution is -2.29. The SMILES string of the molecule is c1ccc2c(c1)COC1(CC1)N2. The van der Waals surface area contributed by atoms with Crippen LogP contribution < -0.4 is 5.32 Å². The molecule has 1 spiro atoms. The van der Waals surface area contributed by atoms with Crippen LogP contribution in [-0.4, -0.2) is 5.72 Å². The van der Waals surface area contributed by atoms with Crippen molar-refractivity contribution in [1.29, 1.82) is 0 Å². The number of hydrogen-bond donors (Lipinski definition) is 1. The molecule has 62 valence electrons. The minimum absolute atomic E-state index is 0.0222. The van der Waals surface area contributed by atoms with Gasteiger partial charge in [0, 0.05) is 11.3 Å². The van der Waals surface area contributed by atoms with E-state index < -0.39 is 0 Å². The highest BCUT2D eigenvalue weighted by Gasteiger charge is 2.46. The Kier molecular flexibility index (Phi) is 1.09. The van der Waals surface area contributed by atoms with Crippen LogP contribution in [0.25, 0.3) is 0 Å². The fourth-order valence-corrected chi connectivity index (χ4v) is 1.65. The molecular formula is C10H11NO. The highest BCUT2D eigenvalue weighted by atomic mass is 16.5. The van der Waals surface area contributed by atoms with Gasteiger partial charge >= 0.3 is 0 Å². The van der Waals surface area contributed by atoms with E-state index in [1.807, 2.05) is 0 Å². The van der Waals surface area contributed by atoms with Gasteiger partial charge in [-0.05, 0) is 18.9 Å². The van der Waals surface area contributed by atoms with Gasteiger partial charge in [0.25, 0.3) is 0 Å². The van der Waals surface area contributed by atoms with Gasteiger partial charge in [-0.1, -0.05) is 18.2 Å². The zero-order valence-corrected chi connectivity index (χ0v) is 6.84. The van der Waals surface area contributed by atoms with Crippen molar-refractivity contribution in [2.24, 2.45) is 0 Å². The predicted molar refractivity (Wildman–Crippen MR) is 46.8 cm³/mol. The third-order valence-electron chi connectivity index (χ3n) is 2.59. The highest BCUT2D eigenvalue weighted by Crippen LogP contribution is 2.44. The number of hydrogen-bond acceptors (Lipinski definition) is 2. The number of nitrogens with one attached hydrogen (secondary N) is 1. The molecule has 0 bridgehead atoms. The standard InChI is InChI=1S/C10H11NO/c1-2-4-9-8(3-1)7-12-10(11-9)5-6-10/h1-4,11H,5-7H2.